The second kappa shape index (κ2) is 8.41. The summed E-state index contributed by atoms with van der Waals surface area (Å²) >= 11 is 1.95. The Morgan fingerprint density at radius 1 is 0.629 bits per heavy atom. The zero-order chi connectivity index (χ0) is 23.2. The zero-order valence-corrected chi connectivity index (χ0v) is 20.1. The highest BCUT2D eigenvalue weighted by molar-refractivity contribution is 8.08. The van der Waals surface area contributed by atoms with Gasteiger partial charge in [-0.05, 0) is 56.1 Å². The molecule has 0 unspecified atom stereocenters. The van der Waals surface area contributed by atoms with Crippen molar-refractivity contribution < 1.29 is 0 Å². The summed E-state index contributed by atoms with van der Waals surface area (Å²) in [6.07, 6.45) is 6.61. The Balaban J connectivity index is 1.66. The molecule has 0 amide bonds. The maximum atomic E-state index is 4.91. The third kappa shape index (κ3) is 3.37. The van der Waals surface area contributed by atoms with E-state index in [0.29, 0.717) is 0 Å². The second-order valence-electron chi connectivity index (χ2n) is 9.04. The normalized spacial score (nSPS) is 13.2. The summed E-state index contributed by atoms with van der Waals surface area (Å²) in [6, 6.07) is 37.0. The van der Waals surface area contributed by atoms with Crippen molar-refractivity contribution in [1.82, 2.24) is 4.98 Å². The summed E-state index contributed by atoms with van der Waals surface area (Å²) in [5.41, 5.74) is 3.53. The zero-order valence-electron chi connectivity index (χ0n) is 19.2. The van der Waals surface area contributed by atoms with Crippen molar-refractivity contribution in [3.05, 3.63) is 120 Å². The van der Waals surface area contributed by atoms with Gasteiger partial charge in [-0.2, -0.15) is 0 Å². The third-order valence-electron chi connectivity index (χ3n) is 7.00. The number of aromatic nitrogens is 1. The molecule has 7 rings (SSSR count). The number of nitrogens with zero attached hydrogens (tertiary/aromatic N) is 1. The van der Waals surface area contributed by atoms with Gasteiger partial charge in [0.25, 0.3) is 0 Å². The van der Waals surface area contributed by atoms with E-state index in [2.05, 4.69) is 115 Å². The molecule has 2 heteroatoms. The first-order chi connectivity index (χ1) is 17.4. The molecule has 1 aliphatic rings. The Labute approximate surface area is 208 Å². The molecule has 0 aliphatic heterocycles. The molecular formula is C33H23NS. The number of benzene rings is 5. The molecule has 1 aromatic heterocycles. The largest absolute Gasteiger partial charge is 0.256 e. The van der Waals surface area contributed by atoms with Crippen LogP contribution in [0.25, 0.3) is 54.6 Å². The van der Waals surface area contributed by atoms with Crippen molar-refractivity contribution >= 4 is 55.2 Å². The molecule has 6 aromatic rings. The van der Waals surface area contributed by atoms with Crippen LogP contribution in [-0.4, -0.2) is 4.98 Å². The SMILES string of the molecule is C1=c2ccccc2=C(Sc2c3ccccc3c(-c3ccccc3)c3cnc4ccccc4c23)CC1. The van der Waals surface area contributed by atoms with Crippen LogP contribution in [-0.2, 0) is 0 Å². The number of thioether (sulfide) groups is 1. The van der Waals surface area contributed by atoms with Crippen LogP contribution in [0.4, 0.5) is 0 Å². The van der Waals surface area contributed by atoms with Crippen LogP contribution >= 0.6 is 11.8 Å². The van der Waals surface area contributed by atoms with Crippen LogP contribution in [0.5, 0.6) is 0 Å². The minimum Gasteiger partial charge on any atom is -0.256 e. The van der Waals surface area contributed by atoms with E-state index >= 15 is 0 Å². The second-order valence-corrected chi connectivity index (χ2v) is 10.1. The molecule has 0 fully saturated rings. The lowest BCUT2D eigenvalue weighted by atomic mass is 9.91. The lowest BCUT2D eigenvalue weighted by molar-refractivity contribution is 1.11. The van der Waals surface area contributed by atoms with E-state index in [4.69, 9.17) is 4.98 Å². The van der Waals surface area contributed by atoms with Crippen LogP contribution in [0, 0.1) is 0 Å². The van der Waals surface area contributed by atoms with Gasteiger partial charge in [0.05, 0.1) is 5.52 Å². The molecule has 166 valence electrons. The molecule has 0 spiro atoms. The maximum Gasteiger partial charge on any atom is 0.0708 e. The average Bonchev–Trinajstić information content (AvgIpc) is 2.93. The van der Waals surface area contributed by atoms with Gasteiger partial charge in [0.2, 0.25) is 0 Å². The molecule has 1 heterocycles. The van der Waals surface area contributed by atoms with Gasteiger partial charge in [-0.15, -0.1) is 0 Å². The smallest absolute Gasteiger partial charge is 0.0708 e. The van der Waals surface area contributed by atoms with Crippen LogP contribution in [0.2, 0.25) is 0 Å². The predicted octanol–water partition coefficient (Wildman–Crippen LogP) is 7.68. The van der Waals surface area contributed by atoms with Crippen LogP contribution in [0.1, 0.15) is 12.8 Å². The van der Waals surface area contributed by atoms with Gasteiger partial charge in [0.1, 0.15) is 0 Å². The summed E-state index contributed by atoms with van der Waals surface area (Å²) in [5.74, 6) is 0. The molecule has 5 aromatic carbocycles. The van der Waals surface area contributed by atoms with E-state index < -0.39 is 0 Å². The van der Waals surface area contributed by atoms with Gasteiger partial charge < -0.3 is 0 Å². The molecule has 0 bridgehead atoms. The topological polar surface area (TPSA) is 12.9 Å². The lowest BCUT2D eigenvalue weighted by Crippen LogP contribution is -2.28. The fourth-order valence-corrected chi connectivity index (χ4v) is 6.80. The molecule has 0 saturated carbocycles. The Morgan fingerprint density at radius 3 is 2.23 bits per heavy atom. The van der Waals surface area contributed by atoms with E-state index in [9.17, 15) is 0 Å². The Hall–Kier alpha value is -3.88. The van der Waals surface area contributed by atoms with Gasteiger partial charge in [0.15, 0.2) is 0 Å². The summed E-state index contributed by atoms with van der Waals surface area (Å²) in [4.78, 5) is 7.69. The van der Waals surface area contributed by atoms with Crippen LogP contribution < -0.4 is 10.4 Å². The predicted molar refractivity (Wildman–Crippen MR) is 151 cm³/mol. The van der Waals surface area contributed by atoms with Crippen molar-refractivity contribution in [3.8, 4) is 11.1 Å². The molecule has 35 heavy (non-hydrogen) atoms. The first kappa shape index (κ1) is 20.5. The van der Waals surface area contributed by atoms with E-state index in [0.717, 1.165) is 18.4 Å². The first-order valence-corrected chi connectivity index (χ1v) is 12.9. The standard InChI is InChI=1S/C33H23NS/c1-2-12-23(13-3-1)31-25-16-6-7-17-26(25)33(32-27-18-8-9-19-29(27)34-21-28(31)32)35-30-20-10-14-22-11-4-5-15-24(22)30/h1-9,11-19,21H,10,20H2. The van der Waals surface area contributed by atoms with E-state index in [1.807, 2.05) is 11.8 Å². The highest BCUT2D eigenvalue weighted by atomic mass is 32.2. The first-order valence-electron chi connectivity index (χ1n) is 12.1. The van der Waals surface area contributed by atoms with Crippen molar-refractivity contribution in [2.45, 2.75) is 17.7 Å². The molecule has 1 nitrogen and oxygen atoms in total. The van der Waals surface area contributed by atoms with Gasteiger partial charge in [-0.25, -0.2) is 0 Å². The number of para-hydroxylation sites is 1. The molecule has 0 radical (unpaired) electrons. The minimum absolute atomic E-state index is 1.04. The van der Waals surface area contributed by atoms with Crippen LogP contribution in [0.3, 0.4) is 0 Å². The Morgan fingerprint density at radius 2 is 1.34 bits per heavy atom. The molecular weight excluding hydrogens is 442 g/mol. The van der Waals surface area contributed by atoms with Crippen molar-refractivity contribution in [2.75, 3.05) is 0 Å². The van der Waals surface area contributed by atoms with Gasteiger partial charge in [-0.1, -0.05) is 115 Å². The lowest BCUT2D eigenvalue weighted by Gasteiger charge is -2.19. The number of hydrogen-bond acceptors (Lipinski definition) is 2. The summed E-state index contributed by atoms with van der Waals surface area (Å²) in [7, 11) is 0. The van der Waals surface area contributed by atoms with Crippen molar-refractivity contribution in [2.24, 2.45) is 0 Å². The maximum absolute atomic E-state index is 4.91. The van der Waals surface area contributed by atoms with Gasteiger partial charge >= 0.3 is 0 Å². The monoisotopic (exact) mass is 465 g/mol. The summed E-state index contributed by atoms with van der Waals surface area (Å²) < 4.78 is 0. The quantitative estimate of drug-likeness (QED) is 0.196. The van der Waals surface area contributed by atoms with Crippen molar-refractivity contribution in [1.29, 1.82) is 0 Å². The number of hydrogen-bond donors (Lipinski definition) is 0. The van der Waals surface area contributed by atoms with Crippen molar-refractivity contribution in [3.63, 3.8) is 0 Å². The Kier molecular flexibility index (Phi) is 4.92. The number of pyridine rings is 1. The number of fused-ring (bicyclic) bond motifs is 5. The highest BCUT2D eigenvalue weighted by Gasteiger charge is 2.19. The number of rotatable bonds is 3. The molecule has 1 aliphatic carbocycles. The van der Waals surface area contributed by atoms with Crippen LogP contribution in [0.15, 0.2) is 114 Å². The van der Waals surface area contributed by atoms with Gasteiger partial charge in [-0.3, -0.25) is 4.98 Å². The molecule has 0 atom stereocenters. The summed E-state index contributed by atoms with van der Waals surface area (Å²) in [6.45, 7) is 0. The van der Waals surface area contributed by atoms with Gasteiger partial charge in [0, 0.05) is 27.3 Å². The Bertz CT molecular complexity index is 1870. The van der Waals surface area contributed by atoms with E-state index in [1.165, 1.54) is 58.3 Å². The molecule has 0 N–H and O–H groups in total. The fourth-order valence-electron chi connectivity index (χ4n) is 5.43. The highest BCUT2D eigenvalue weighted by Crippen LogP contribution is 2.47. The minimum atomic E-state index is 1.04. The summed E-state index contributed by atoms with van der Waals surface area (Å²) in [5, 5.41) is 9.03. The van der Waals surface area contributed by atoms with E-state index in [-0.39, 0.29) is 0 Å². The molecule has 0 saturated heterocycles. The average molecular weight is 466 g/mol. The van der Waals surface area contributed by atoms with E-state index in [1.54, 1.807) is 0 Å². The third-order valence-corrected chi connectivity index (χ3v) is 8.30. The fraction of sp³-hybridized carbons (Fsp3) is 0.0606.